The first-order chi connectivity index (χ1) is 18.3. The van der Waals surface area contributed by atoms with E-state index in [0.29, 0.717) is 30.6 Å². The SMILES string of the molecule is CC(C)CN(CC(=O)N(CCc1c[nH]c2ccccc12)Cc1ccc(Cl)cc1)Cc1ccc(N(C)C)cc1. The van der Waals surface area contributed by atoms with Gasteiger partial charge in [0, 0.05) is 68.1 Å². The first kappa shape index (κ1) is 27.7. The third kappa shape index (κ3) is 7.62. The third-order valence-electron chi connectivity index (χ3n) is 6.81. The molecule has 0 unspecified atom stereocenters. The van der Waals surface area contributed by atoms with E-state index in [-0.39, 0.29) is 5.91 Å². The number of carbonyl (C=O) groups excluding carboxylic acids is 1. The number of nitrogens with zero attached hydrogens (tertiary/aromatic N) is 3. The summed E-state index contributed by atoms with van der Waals surface area (Å²) in [6, 6.07) is 24.7. The number of hydrogen-bond donors (Lipinski definition) is 1. The van der Waals surface area contributed by atoms with Crippen molar-refractivity contribution in [1.29, 1.82) is 0 Å². The summed E-state index contributed by atoms with van der Waals surface area (Å²) in [5.41, 5.74) is 5.83. The summed E-state index contributed by atoms with van der Waals surface area (Å²) >= 11 is 6.12. The summed E-state index contributed by atoms with van der Waals surface area (Å²) in [6.45, 7) is 7.61. The van der Waals surface area contributed by atoms with Crippen molar-refractivity contribution in [2.75, 3.05) is 38.6 Å². The van der Waals surface area contributed by atoms with E-state index in [0.717, 1.165) is 30.6 Å². The molecular weight excluding hydrogens is 492 g/mol. The molecule has 0 aliphatic rings. The minimum Gasteiger partial charge on any atom is -0.378 e. The van der Waals surface area contributed by atoms with E-state index in [9.17, 15) is 4.79 Å². The normalized spacial score (nSPS) is 11.4. The van der Waals surface area contributed by atoms with Gasteiger partial charge in [-0.2, -0.15) is 0 Å². The number of benzene rings is 3. The molecule has 0 saturated carbocycles. The predicted molar refractivity (Wildman–Crippen MR) is 160 cm³/mol. The van der Waals surface area contributed by atoms with Crippen molar-refractivity contribution in [2.45, 2.75) is 33.4 Å². The zero-order chi connectivity index (χ0) is 27.1. The van der Waals surface area contributed by atoms with Crippen LogP contribution in [0.25, 0.3) is 10.9 Å². The number of aromatic amines is 1. The Morgan fingerprint density at radius 1 is 0.895 bits per heavy atom. The van der Waals surface area contributed by atoms with Gasteiger partial charge in [-0.05, 0) is 59.4 Å². The minimum atomic E-state index is 0.144. The van der Waals surface area contributed by atoms with Gasteiger partial charge < -0.3 is 14.8 Å². The smallest absolute Gasteiger partial charge is 0.237 e. The molecule has 200 valence electrons. The Hall–Kier alpha value is -3.28. The summed E-state index contributed by atoms with van der Waals surface area (Å²) in [5, 5.41) is 1.92. The lowest BCUT2D eigenvalue weighted by molar-refractivity contribution is -0.133. The van der Waals surface area contributed by atoms with Gasteiger partial charge in [0.1, 0.15) is 0 Å². The molecule has 0 aliphatic heterocycles. The van der Waals surface area contributed by atoms with Gasteiger partial charge in [-0.15, -0.1) is 0 Å². The monoisotopic (exact) mass is 530 g/mol. The van der Waals surface area contributed by atoms with E-state index < -0.39 is 0 Å². The Balaban J connectivity index is 1.50. The zero-order valence-electron chi connectivity index (χ0n) is 23.0. The molecule has 6 heteroatoms. The van der Waals surface area contributed by atoms with Crippen LogP contribution in [0.4, 0.5) is 5.69 Å². The molecule has 38 heavy (non-hydrogen) atoms. The highest BCUT2D eigenvalue weighted by Crippen LogP contribution is 2.20. The fraction of sp³-hybridized carbons (Fsp3) is 0.344. The predicted octanol–water partition coefficient (Wildman–Crippen LogP) is 6.62. The molecular formula is C32H39ClN4O. The second-order valence-electron chi connectivity index (χ2n) is 10.7. The van der Waals surface area contributed by atoms with Crippen molar-refractivity contribution in [3.05, 3.63) is 101 Å². The van der Waals surface area contributed by atoms with Gasteiger partial charge in [-0.1, -0.05) is 67.9 Å². The molecule has 0 atom stereocenters. The molecule has 4 aromatic rings. The van der Waals surface area contributed by atoms with E-state index in [2.05, 4.69) is 77.3 Å². The number of anilines is 1. The number of rotatable bonds is 12. The Bertz CT molecular complexity index is 1310. The first-order valence-corrected chi connectivity index (χ1v) is 13.7. The van der Waals surface area contributed by atoms with Crippen LogP contribution in [0.1, 0.15) is 30.5 Å². The summed E-state index contributed by atoms with van der Waals surface area (Å²) in [5.74, 6) is 0.602. The van der Waals surface area contributed by atoms with Gasteiger partial charge in [-0.25, -0.2) is 0 Å². The quantitative estimate of drug-likeness (QED) is 0.224. The molecule has 1 aromatic heterocycles. The zero-order valence-corrected chi connectivity index (χ0v) is 23.7. The molecule has 5 nitrogen and oxygen atoms in total. The highest BCUT2D eigenvalue weighted by Gasteiger charge is 2.20. The Labute approximate surface area is 232 Å². The molecule has 4 rings (SSSR count). The molecule has 1 amide bonds. The summed E-state index contributed by atoms with van der Waals surface area (Å²) in [6.07, 6.45) is 2.86. The van der Waals surface area contributed by atoms with Crippen molar-refractivity contribution in [1.82, 2.24) is 14.8 Å². The molecule has 0 spiro atoms. The standard InChI is InChI=1S/C32H39ClN4O/c1-24(2)20-36(21-25-11-15-29(16-12-25)35(3)4)23-32(38)37(22-26-9-13-28(33)14-10-26)18-17-27-19-34-31-8-6-5-7-30(27)31/h5-16,19,24,34H,17-18,20-23H2,1-4H3. The van der Waals surface area contributed by atoms with Gasteiger partial charge in [0.15, 0.2) is 0 Å². The van der Waals surface area contributed by atoms with Crippen LogP contribution in [0.5, 0.6) is 0 Å². The van der Waals surface area contributed by atoms with Gasteiger partial charge in [0.25, 0.3) is 0 Å². The molecule has 0 saturated heterocycles. The van der Waals surface area contributed by atoms with E-state index in [1.807, 2.05) is 49.3 Å². The highest BCUT2D eigenvalue weighted by atomic mass is 35.5. The van der Waals surface area contributed by atoms with Crippen molar-refractivity contribution in [3.63, 3.8) is 0 Å². The first-order valence-electron chi connectivity index (χ1n) is 13.3. The number of amides is 1. The van der Waals surface area contributed by atoms with Crippen LogP contribution < -0.4 is 4.90 Å². The maximum absolute atomic E-state index is 13.8. The molecule has 0 radical (unpaired) electrons. The number of nitrogens with one attached hydrogen (secondary N) is 1. The Morgan fingerprint density at radius 2 is 1.55 bits per heavy atom. The average Bonchev–Trinajstić information content (AvgIpc) is 3.30. The summed E-state index contributed by atoms with van der Waals surface area (Å²) in [4.78, 5) is 23.5. The van der Waals surface area contributed by atoms with E-state index in [1.165, 1.54) is 22.2 Å². The van der Waals surface area contributed by atoms with Gasteiger partial charge in [0.05, 0.1) is 6.54 Å². The van der Waals surface area contributed by atoms with Crippen LogP contribution in [-0.4, -0.2) is 54.4 Å². The average molecular weight is 531 g/mol. The molecule has 0 bridgehead atoms. The molecule has 1 N–H and O–H groups in total. The molecule has 1 heterocycles. The van der Waals surface area contributed by atoms with Crippen LogP contribution in [0.15, 0.2) is 79.0 Å². The van der Waals surface area contributed by atoms with E-state index >= 15 is 0 Å². The Kier molecular flexibility index (Phi) is 9.48. The summed E-state index contributed by atoms with van der Waals surface area (Å²) in [7, 11) is 4.09. The van der Waals surface area contributed by atoms with Gasteiger partial charge in [0.2, 0.25) is 5.91 Å². The van der Waals surface area contributed by atoms with Crippen LogP contribution >= 0.6 is 11.6 Å². The topological polar surface area (TPSA) is 42.6 Å². The maximum Gasteiger partial charge on any atom is 0.237 e. The summed E-state index contributed by atoms with van der Waals surface area (Å²) < 4.78 is 0. The minimum absolute atomic E-state index is 0.144. The molecule has 3 aromatic carbocycles. The highest BCUT2D eigenvalue weighted by molar-refractivity contribution is 6.30. The van der Waals surface area contributed by atoms with E-state index in [1.54, 1.807) is 0 Å². The lowest BCUT2D eigenvalue weighted by Gasteiger charge is -2.29. The number of carbonyl (C=O) groups is 1. The van der Waals surface area contributed by atoms with Crippen molar-refractivity contribution in [3.8, 4) is 0 Å². The second kappa shape index (κ2) is 13.0. The molecule has 0 fully saturated rings. The number of para-hydroxylation sites is 1. The largest absolute Gasteiger partial charge is 0.378 e. The fourth-order valence-corrected chi connectivity index (χ4v) is 4.97. The fourth-order valence-electron chi connectivity index (χ4n) is 4.85. The van der Waals surface area contributed by atoms with Crippen LogP contribution in [0.3, 0.4) is 0 Å². The number of aromatic nitrogens is 1. The van der Waals surface area contributed by atoms with Crippen LogP contribution in [0, 0.1) is 5.92 Å². The maximum atomic E-state index is 13.8. The number of hydrogen-bond acceptors (Lipinski definition) is 3. The van der Waals surface area contributed by atoms with Gasteiger partial charge >= 0.3 is 0 Å². The number of fused-ring (bicyclic) bond motifs is 1. The van der Waals surface area contributed by atoms with Crippen molar-refractivity contribution >= 4 is 34.1 Å². The molecule has 0 aliphatic carbocycles. The van der Waals surface area contributed by atoms with Crippen molar-refractivity contribution < 1.29 is 4.79 Å². The third-order valence-corrected chi connectivity index (χ3v) is 7.06. The van der Waals surface area contributed by atoms with Crippen LogP contribution in [0.2, 0.25) is 5.02 Å². The lowest BCUT2D eigenvalue weighted by Crippen LogP contribution is -2.42. The Morgan fingerprint density at radius 3 is 2.24 bits per heavy atom. The van der Waals surface area contributed by atoms with Crippen molar-refractivity contribution in [2.24, 2.45) is 5.92 Å². The number of H-pyrrole nitrogens is 1. The van der Waals surface area contributed by atoms with Gasteiger partial charge in [-0.3, -0.25) is 9.69 Å². The van der Waals surface area contributed by atoms with Crippen LogP contribution in [-0.2, 0) is 24.3 Å². The van der Waals surface area contributed by atoms with E-state index in [4.69, 9.17) is 11.6 Å². The second-order valence-corrected chi connectivity index (χ2v) is 11.1. The lowest BCUT2D eigenvalue weighted by atomic mass is 10.1. The number of halogens is 1.